The number of esters is 1. The first kappa shape index (κ1) is 15.4. The molecule has 0 amide bonds. The van der Waals surface area contributed by atoms with Crippen LogP contribution in [0.1, 0.15) is 13.3 Å². The summed E-state index contributed by atoms with van der Waals surface area (Å²) in [4.78, 5) is 21.6. The number of nitrogens with zero attached hydrogens (tertiary/aromatic N) is 1. The molecular formula is C11H12BrFN2O4. The molecule has 0 aliphatic heterocycles. The lowest BCUT2D eigenvalue weighted by Crippen LogP contribution is -2.30. The highest BCUT2D eigenvalue weighted by atomic mass is 79.9. The van der Waals surface area contributed by atoms with Crippen molar-refractivity contribution >= 4 is 33.3 Å². The molecule has 0 fully saturated rings. The molecule has 0 saturated carbocycles. The van der Waals surface area contributed by atoms with E-state index in [0.717, 1.165) is 12.1 Å². The molecule has 0 bridgehead atoms. The minimum Gasteiger partial charge on any atom is -0.467 e. The highest BCUT2D eigenvalue weighted by Crippen LogP contribution is 2.32. The fourth-order valence-corrected chi connectivity index (χ4v) is 1.91. The third kappa shape index (κ3) is 3.63. The SMILES string of the molecule is CCC(Nc1c(F)cc(Br)cc1[N+](=O)[O-])C(=O)OC. The molecule has 1 rings (SSSR count). The number of benzene rings is 1. The molecule has 1 N–H and O–H groups in total. The van der Waals surface area contributed by atoms with Crippen molar-refractivity contribution in [2.75, 3.05) is 12.4 Å². The molecule has 6 nitrogen and oxygen atoms in total. The summed E-state index contributed by atoms with van der Waals surface area (Å²) in [5, 5.41) is 13.4. The molecule has 0 aliphatic rings. The fourth-order valence-electron chi connectivity index (χ4n) is 1.49. The van der Waals surface area contributed by atoms with Crippen molar-refractivity contribution in [1.29, 1.82) is 0 Å². The van der Waals surface area contributed by atoms with Crippen LogP contribution in [0.2, 0.25) is 0 Å². The standard InChI is InChI=1S/C11H12BrFN2O4/c1-3-8(11(16)19-2)14-10-7(13)4-6(12)5-9(10)15(17)18/h4-5,8,14H,3H2,1-2H3. The van der Waals surface area contributed by atoms with Gasteiger partial charge in [0.05, 0.1) is 12.0 Å². The summed E-state index contributed by atoms with van der Waals surface area (Å²) in [5.41, 5.74) is -0.778. The molecule has 0 aliphatic carbocycles. The van der Waals surface area contributed by atoms with Crippen molar-refractivity contribution in [3.63, 3.8) is 0 Å². The number of halogens is 2. The number of methoxy groups -OCH3 is 1. The van der Waals surface area contributed by atoms with Crippen LogP contribution < -0.4 is 5.32 Å². The van der Waals surface area contributed by atoms with Crippen LogP contribution in [0.3, 0.4) is 0 Å². The average Bonchev–Trinajstić information content (AvgIpc) is 2.36. The van der Waals surface area contributed by atoms with E-state index in [1.54, 1.807) is 6.92 Å². The van der Waals surface area contributed by atoms with Crippen LogP contribution >= 0.6 is 15.9 Å². The predicted octanol–water partition coefficient (Wildman–Crippen LogP) is 2.86. The Kier molecular flexibility index (Phi) is 5.22. The van der Waals surface area contributed by atoms with Gasteiger partial charge < -0.3 is 10.1 Å². The van der Waals surface area contributed by atoms with Gasteiger partial charge in [-0.15, -0.1) is 0 Å². The van der Waals surface area contributed by atoms with Gasteiger partial charge in [0, 0.05) is 10.5 Å². The largest absolute Gasteiger partial charge is 0.467 e. The topological polar surface area (TPSA) is 81.5 Å². The number of carbonyl (C=O) groups is 1. The lowest BCUT2D eigenvalue weighted by Gasteiger charge is -2.16. The summed E-state index contributed by atoms with van der Waals surface area (Å²) >= 11 is 2.98. The molecule has 1 aromatic rings. The van der Waals surface area contributed by atoms with E-state index in [4.69, 9.17) is 0 Å². The van der Waals surface area contributed by atoms with Gasteiger partial charge in [0.15, 0.2) is 5.82 Å². The molecule has 0 saturated heterocycles. The van der Waals surface area contributed by atoms with Gasteiger partial charge in [-0.25, -0.2) is 9.18 Å². The van der Waals surface area contributed by atoms with Crippen LogP contribution in [0.15, 0.2) is 16.6 Å². The summed E-state index contributed by atoms with van der Waals surface area (Å²) < 4.78 is 18.6. The van der Waals surface area contributed by atoms with Gasteiger partial charge in [-0.1, -0.05) is 22.9 Å². The lowest BCUT2D eigenvalue weighted by molar-refractivity contribution is -0.384. The van der Waals surface area contributed by atoms with Gasteiger partial charge in [-0.05, 0) is 12.5 Å². The molecule has 1 aromatic carbocycles. The molecule has 19 heavy (non-hydrogen) atoms. The number of nitro benzene ring substituents is 1. The second-order valence-corrected chi connectivity index (χ2v) is 4.58. The number of nitro groups is 1. The van der Waals surface area contributed by atoms with Gasteiger partial charge in [0.1, 0.15) is 11.7 Å². The van der Waals surface area contributed by atoms with Gasteiger partial charge in [0.25, 0.3) is 5.69 Å². The summed E-state index contributed by atoms with van der Waals surface area (Å²) in [6.07, 6.45) is 0.305. The minimum atomic E-state index is -0.848. The van der Waals surface area contributed by atoms with Crippen LogP contribution in [-0.2, 0) is 9.53 Å². The van der Waals surface area contributed by atoms with Crippen molar-refractivity contribution in [1.82, 2.24) is 0 Å². The highest BCUT2D eigenvalue weighted by Gasteiger charge is 2.25. The molecule has 0 radical (unpaired) electrons. The summed E-state index contributed by atoms with van der Waals surface area (Å²) in [5.74, 6) is -1.43. The monoisotopic (exact) mass is 334 g/mol. The van der Waals surface area contributed by atoms with E-state index in [1.807, 2.05) is 0 Å². The molecular weight excluding hydrogens is 323 g/mol. The molecule has 104 valence electrons. The third-order valence-corrected chi connectivity index (χ3v) is 2.90. The van der Waals surface area contributed by atoms with Gasteiger partial charge >= 0.3 is 5.97 Å². The maximum atomic E-state index is 13.8. The van der Waals surface area contributed by atoms with E-state index < -0.39 is 28.4 Å². The van der Waals surface area contributed by atoms with Crippen molar-refractivity contribution in [2.24, 2.45) is 0 Å². The quantitative estimate of drug-likeness (QED) is 0.508. The Morgan fingerprint density at radius 1 is 1.63 bits per heavy atom. The Bertz CT molecular complexity index is 510. The molecule has 0 spiro atoms. The Hall–Kier alpha value is -1.70. The first-order valence-corrected chi connectivity index (χ1v) is 6.17. The number of rotatable bonds is 5. The first-order chi connectivity index (χ1) is 8.90. The fraction of sp³-hybridized carbons (Fsp3) is 0.364. The normalized spacial score (nSPS) is 11.8. The zero-order valence-electron chi connectivity index (χ0n) is 10.3. The van der Waals surface area contributed by atoms with Crippen LogP contribution in [0.4, 0.5) is 15.8 Å². The van der Waals surface area contributed by atoms with E-state index in [2.05, 4.69) is 26.0 Å². The number of carbonyl (C=O) groups excluding carboxylic acids is 1. The molecule has 8 heteroatoms. The number of anilines is 1. The van der Waals surface area contributed by atoms with Crippen molar-refractivity contribution in [3.8, 4) is 0 Å². The highest BCUT2D eigenvalue weighted by molar-refractivity contribution is 9.10. The Morgan fingerprint density at radius 2 is 2.26 bits per heavy atom. The molecule has 0 aromatic heterocycles. The lowest BCUT2D eigenvalue weighted by atomic mass is 10.2. The van der Waals surface area contributed by atoms with Crippen molar-refractivity contribution in [3.05, 3.63) is 32.5 Å². The summed E-state index contributed by atoms with van der Waals surface area (Å²) in [6.45, 7) is 1.68. The molecule has 1 unspecified atom stereocenters. The van der Waals surface area contributed by atoms with Crippen molar-refractivity contribution in [2.45, 2.75) is 19.4 Å². The number of hydrogen-bond donors (Lipinski definition) is 1. The second-order valence-electron chi connectivity index (χ2n) is 3.67. The first-order valence-electron chi connectivity index (χ1n) is 5.38. The maximum absolute atomic E-state index is 13.8. The van der Waals surface area contributed by atoms with Crippen molar-refractivity contribution < 1.29 is 18.8 Å². The maximum Gasteiger partial charge on any atom is 0.328 e. The van der Waals surface area contributed by atoms with E-state index in [0.29, 0.717) is 6.42 Å². The van der Waals surface area contributed by atoms with Gasteiger partial charge in [0.2, 0.25) is 0 Å². The van der Waals surface area contributed by atoms with Gasteiger partial charge in [-0.3, -0.25) is 10.1 Å². The number of ether oxygens (including phenoxy) is 1. The van der Waals surface area contributed by atoms with E-state index in [1.165, 1.54) is 7.11 Å². The van der Waals surface area contributed by atoms with Crippen LogP contribution in [0.25, 0.3) is 0 Å². The average molecular weight is 335 g/mol. The van der Waals surface area contributed by atoms with E-state index in [-0.39, 0.29) is 10.2 Å². The van der Waals surface area contributed by atoms with E-state index >= 15 is 0 Å². The smallest absolute Gasteiger partial charge is 0.328 e. The predicted molar refractivity (Wildman–Crippen MR) is 70.5 cm³/mol. The molecule has 1 atom stereocenters. The minimum absolute atomic E-state index is 0.244. The zero-order chi connectivity index (χ0) is 14.6. The van der Waals surface area contributed by atoms with Crippen LogP contribution in [-0.4, -0.2) is 24.0 Å². The van der Waals surface area contributed by atoms with Crippen LogP contribution in [0, 0.1) is 15.9 Å². The summed E-state index contributed by atoms with van der Waals surface area (Å²) in [7, 11) is 1.19. The van der Waals surface area contributed by atoms with E-state index in [9.17, 15) is 19.3 Å². The third-order valence-electron chi connectivity index (χ3n) is 2.44. The Labute approximate surface area is 117 Å². The Morgan fingerprint density at radius 3 is 2.74 bits per heavy atom. The second kappa shape index (κ2) is 6.46. The van der Waals surface area contributed by atoms with Gasteiger partial charge in [-0.2, -0.15) is 0 Å². The molecule has 0 heterocycles. The number of hydrogen-bond acceptors (Lipinski definition) is 5. The zero-order valence-corrected chi connectivity index (χ0v) is 11.9. The Balaban J connectivity index is 3.19. The summed E-state index contributed by atoms with van der Waals surface area (Å²) in [6, 6.07) is 1.40. The van der Waals surface area contributed by atoms with Crippen LogP contribution in [0.5, 0.6) is 0 Å². The number of nitrogens with one attached hydrogen (secondary N) is 1.